The van der Waals surface area contributed by atoms with Crippen molar-refractivity contribution in [3.05, 3.63) is 35.9 Å². The molecule has 1 aliphatic rings. The number of ether oxygens (including phenoxy) is 1. The maximum Gasteiger partial charge on any atom is 0.326 e. The van der Waals surface area contributed by atoms with Crippen LogP contribution in [-0.2, 0) is 9.53 Å². The minimum absolute atomic E-state index is 0.00356. The zero-order chi connectivity index (χ0) is 10.9. The number of nitriles is 1. The van der Waals surface area contributed by atoms with Gasteiger partial charge in [0, 0.05) is 5.92 Å². The first-order valence-corrected chi connectivity index (χ1v) is 4.79. The molecule has 0 bridgehead atoms. The van der Waals surface area contributed by atoms with E-state index in [0.29, 0.717) is 6.42 Å². The van der Waals surface area contributed by atoms with Gasteiger partial charge in [0.1, 0.15) is 0 Å². The fourth-order valence-corrected chi connectivity index (χ4v) is 1.93. The van der Waals surface area contributed by atoms with Crippen LogP contribution in [0.5, 0.6) is 0 Å². The molecule has 0 aliphatic heterocycles. The molecule has 1 aliphatic carbocycles. The van der Waals surface area contributed by atoms with Crippen molar-refractivity contribution >= 4 is 5.97 Å². The fourth-order valence-electron chi connectivity index (χ4n) is 1.93. The summed E-state index contributed by atoms with van der Waals surface area (Å²) in [6, 6.07) is 11.7. The number of esters is 1. The highest BCUT2D eigenvalue weighted by Crippen LogP contribution is 2.59. The van der Waals surface area contributed by atoms with Crippen LogP contribution in [0.25, 0.3) is 0 Å². The number of rotatable bonds is 2. The molecule has 3 nitrogen and oxygen atoms in total. The summed E-state index contributed by atoms with van der Waals surface area (Å²) in [4.78, 5) is 11.5. The minimum Gasteiger partial charge on any atom is -0.468 e. The Bertz CT molecular complexity index is 421. The van der Waals surface area contributed by atoms with E-state index in [1.54, 1.807) is 0 Å². The van der Waals surface area contributed by atoms with Crippen LogP contribution in [0.4, 0.5) is 0 Å². The first-order valence-electron chi connectivity index (χ1n) is 4.79. The summed E-state index contributed by atoms with van der Waals surface area (Å²) in [5.74, 6) is -0.421. The number of hydrogen-bond donors (Lipinski definition) is 0. The molecule has 1 fully saturated rings. The van der Waals surface area contributed by atoms with Gasteiger partial charge in [-0.1, -0.05) is 30.3 Å². The highest BCUT2D eigenvalue weighted by atomic mass is 16.5. The largest absolute Gasteiger partial charge is 0.468 e. The van der Waals surface area contributed by atoms with Crippen LogP contribution in [0.15, 0.2) is 30.3 Å². The Labute approximate surface area is 88.3 Å². The molecule has 3 heteroatoms. The molecule has 0 unspecified atom stereocenters. The minimum atomic E-state index is -0.934. The molecule has 1 aromatic carbocycles. The molecule has 2 atom stereocenters. The third-order valence-corrected chi connectivity index (χ3v) is 2.91. The Kier molecular flexibility index (Phi) is 2.20. The maximum atomic E-state index is 11.5. The summed E-state index contributed by atoms with van der Waals surface area (Å²) in [5.41, 5.74) is 0.0975. The maximum absolute atomic E-state index is 11.5. The van der Waals surface area contributed by atoms with Crippen molar-refractivity contribution in [2.75, 3.05) is 7.11 Å². The van der Waals surface area contributed by atoms with E-state index in [9.17, 15) is 4.79 Å². The number of hydrogen-bond acceptors (Lipinski definition) is 3. The molecule has 0 N–H and O–H groups in total. The van der Waals surface area contributed by atoms with Gasteiger partial charge in [-0.2, -0.15) is 5.26 Å². The lowest BCUT2D eigenvalue weighted by atomic mass is 10.0. The van der Waals surface area contributed by atoms with Gasteiger partial charge in [-0.3, -0.25) is 4.79 Å². The third-order valence-electron chi connectivity index (χ3n) is 2.91. The standard InChI is InChI=1S/C12H11NO2/c1-15-11(14)12(8-13)7-10(12)9-5-3-2-4-6-9/h2-6,10H,7H2,1H3/t10-,12-/m0/s1. The zero-order valence-electron chi connectivity index (χ0n) is 8.43. The Morgan fingerprint density at radius 2 is 2.20 bits per heavy atom. The summed E-state index contributed by atoms with van der Waals surface area (Å²) in [6.07, 6.45) is 0.570. The molecule has 1 aromatic rings. The topological polar surface area (TPSA) is 50.1 Å². The number of carbonyl (C=O) groups excluding carboxylic acids is 1. The molecule has 0 amide bonds. The summed E-state index contributed by atoms with van der Waals surface area (Å²) in [5, 5.41) is 9.04. The van der Waals surface area contributed by atoms with Crippen molar-refractivity contribution in [1.29, 1.82) is 5.26 Å². The molecule has 1 saturated carbocycles. The van der Waals surface area contributed by atoms with E-state index in [2.05, 4.69) is 10.8 Å². The van der Waals surface area contributed by atoms with Crippen LogP contribution >= 0.6 is 0 Å². The number of benzene rings is 1. The summed E-state index contributed by atoms with van der Waals surface area (Å²) in [6.45, 7) is 0. The van der Waals surface area contributed by atoms with E-state index in [1.165, 1.54) is 7.11 Å². The molecule has 0 aromatic heterocycles. The lowest BCUT2D eigenvalue weighted by molar-refractivity contribution is -0.144. The van der Waals surface area contributed by atoms with Crippen molar-refractivity contribution in [2.45, 2.75) is 12.3 Å². The van der Waals surface area contributed by atoms with Crippen molar-refractivity contribution in [1.82, 2.24) is 0 Å². The average molecular weight is 201 g/mol. The Morgan fingerprint density at radius 1 is 1.53 bits per heavy atom. The molecule has 15 heavy (non-hydrogen) atoms. The Balaban J connectivity index is 2.25. The van der Waals surface area contributed by atoms with Gasteiger partial charge in [0.2, 0.25) is 0 Å². The van der Waals surface area contributed by atoms with Crippen LogP contribution in [-0.4, -0.2) is 13.1 Å². The van der Waals surface area contributed by atoms with Crippen LogP contribution in [0.1, 0.15) is 17.9 Å². The normalized spacial score (nSPS) is 27.9. The zero-order valence-corrected chi connectivity index (χ0v) is 8.43. The van der Waals surface area contributed by atoms with E-state index < -0.39 is 11.4 Å². The van der Waals surface area contributed by atoms with Gasteiger partial charge in [0.25, 0.3) is 0 Å². The van der Waals surface area contributed by atoms with Crippen molar-refractivity contribution in [3.63, 3.8) is 0 Å². The Hall–Kier alpha value is -1.82. The lowest BCUT2D eigenvalue weighted by Crippen LogP contribution is -2.17. The van der Waals surface area contributed by atoms with Gasteiger partial charge in [-0.25, -0.2) is 0 Å². The lowest BCUT2D eigenvalue weighted by Gasteiger charge is -2.05. The van der Waals surface area contributed by atoms with Crippen LogP contribution in [0.3, 0.4) is 0 Å². The highest BCUT2D eigenvalue weighted by Gasteiger charge is 2.62. The molecular weight excluding hydrogens is 190 g/mol. The van der Waals surface area contributed by atoms with E-state index in [-0.39, 0.29) is 5.92 Å². The second kappa shape index (κ2) is 3.39. The molecule has 2 rings (SSSR count). The summed E-state index contributed by atoms with van der Waals surface area (Å²) >= 11 is 0. The van der Waals surface area contributed by atoms with Crippen molar-refractivity contribution in [2.24, 2.45) is 5.41 Å². The first kappa shape index (κ1) is 9.72. The van der Waals surface area contributed by atoms with E-state index in [1.807, 2.05) is 30.3 Å². The smallest absolute Gasteiger partial charge is 0.326 e. The van der Waals surface area contributed by atoms with Crippen LogP contribution < -0.4 is 0 Å². The predicted octanol–water partition coefficient (Wildman–Crippen LogP) is 1.86. The molecule has 0 heterocycles. The molecular formula is C12H11NO2. The number of methoxy groups -OCH3 is 1. The van der Waals surface area contributed by atoms with Crippen molar-refractivity contribution in [3.8, 4) is 6.07 Å². The molecule has 0 spiro atoms. The highest BCUT2D eigenvalue weighted by molar-refractivity contribution is 5.85. The van der Waals surface area contributed by atoms with Gasteiger partial charge in [-0.15, -0.1) is 0 Å². The summed E-state index contributed by atoms with van der Waals surface area (Å²) in [7, 11) is 1.32. The second-order valence-electron chi connectivity index (χ2n) is 3.74. The predicted molar refractivity (Wildman–Crippen MR) is 53.9 cm³/mol. The van der Waals surface area contributed by atoms with Gasteiger partial charge in [-0.05, 0) is 12.0 Å². The number of nitrogens with zero attached hydrogens (tertiary/aromatic N) is 1. The Morgan fingerprint density at radius 3 is 2.73 bits per heavy atom. The van der Waals surface area contributed by atoms with Gasteiger partial charge < -0.3 is 4.74 Å². The van der Waals surface area contributed by atoms with E-state index in [4.69, 9.17) is 5.26 Å². The first-order chi connectivity index (χ1) is 7.24. The molecule has 0 saturated heterocycles. The second-order valence-corrected chi connectivity index (χ2v) is 3.74. The van der Waals surface area contributed by atoms with E-state index >= 15 is 0 Å². The van der Waals surface area contributed by atoms with Gasteiger partial charge >= 0.3 is 5.97 Å². The van der Waals surface area contributed by atoms with Crippen molar-refractivity contribution < 1.29 is 9.53 Å². The van der Waals surface area contributed by atoms with Gasteiger partial charge in [0.05, 0.1) is 13.2 Å². The van der Waals surface area contributed by atoms with Crippen LogP contribution in [0.2, 0.25) is 0 Å². The average Bonchev–Trinajstić information content (AvgIpc) is 3.05. The summed E-state index contributed by atoms with van der Waals surface area (Å²) < 4.78 is 4.66. The van der Waals surface area contributed by atoms with E-state index in [0.717, 1.165) is 5.56 Å². The quantitative estimate of drug-likeness (QED) is 0.686. The van der Waals surface area contributed by atoms with Crippen LogP contribution in [0, 0.1) is 16.7 Å². The number of carbonyl (C=O) groups is 1. The monoisotopic (exact) mass is 201 g/mol. The van der Waals surface area contributed by atoms with Gasteiger partial charge in [0.15, 0.2) is 5.41 Å². The molecule has 0 radical (unpaired) electrons. The molecule has 76 valence electrons. The third kappa shape index (κ3) is 1.39. The fraction of sp³-hybridized carbons (Fsp3) is 0.333. The SMILES string of the molecule is COC(=O)[C@]1(C#N)C[C@H]1c1ccccc1.